The van der Waals surface area contributed by atoms with Gasteiger partial charge in [-0.05, 0) is 37.9 Å². The Morgan fingerprint density at radius 1 is 1.03 bits per heavy atom. The zero-order chi connectivity index (χ0) is 20.3. The maximum Gasteiger partial charge on any atom is 0.247 e. The first-order valence-corrected chi connectivity index (χ1v) is 10.9. The molecule has 4 heterocycles. The third-order valence-electron chi connectivity index (χ3n) is 7.38. The van der Waals surface area contributed by atoms with E-state index in [1.54, 1.807) is 0 Å². The Kier molecular flexibility index (Phi) is 3.90. The summed E-state index contributed by atoms with van der Waals surface area (Å²) >= 11 is 0. The molecule has 5 nitrogen and oxygen atoms in total. The van der Waals surface area contributed by atoms with E-state index in [0.717, 1.165) is 49.3 Å². The van der Waals surface area contributed by atoms with Crippen LogP contribution in [0.2, 0.25) is 0 Å². The number of benzene rings is 2. The van der Waals surface area contributed by atoms with E-state index in [1.807, 2.05) is 40.9 Å². The minimum atomic E-state index is -0.343. The van der Waals surface area contributed by atoms with Crippen LogP contribution >= 0.6 is 0 Å². The lowest BCUT2D eigenvalue weighted by Gasteiger charge is -2.33. The molecule has 0 N–H and O–H groups in total. The minimum absolute atomic E-state index is 0.253. The number of amides is 1. The number of aromatic nitrogens is 2. The first-order chi connectivity index (χ1) is 14.7. The molecule has 3 aliphatic heterocycles. The molecule has 5 heteroatoms. The molecule has 0 saturated carbocycles. The molecule has 1 spiro atoms. The van der Waals surface area contributed by atoms with Gasteiger partial charge in [0, 0.05) is 48.6 Å². The van der Waals surface area contributed by atoms with Crippen LogP contribution in [0.5, 0.6) is 0 Å². The summed E-state index contributed by atoms with van der Waals surface area (Å²) in [5.74, 6) is 0.658. The van der Waals surface area contributed by atoms with Crippen molar-refractivity contribution in [3.8, 4) is 11.3 Å². The molecule has 3 aromatic rings. The summed E-state index contributed by atoms with van der Waals surface area (Å²) in [7, 11) is 1.99. The molecule has 1 aromatic heterocycles. The van der Waals surface area contributed by atoms with Crippen molar-refractivity contribution >= 4 is 11.6 Å². The fourth-order valence-corrected chi connectivity index (χ4v) is 6.19. The van der Waals surface area contributed by atoms with Gasteiger partial charge in [-0.2, -0.15) is 5.10 Å². The topological polar surface area (TPSA) is 41.4 Å². The predicted molar refractivity (Wildman–Crippen MR) is 117 cm³/mol. The van der Waals surface area contributed by atoms with Gasteiger partial charge in [0.1, 0.15) is 5.54 Å². The molecule has 0 aliphatic carbocycles. The Bertz CT molecular complexity index is 1090. The number of rotatable bonds is 3. The Labute approximate surface area is 176 Å². The lowest BCUT2D eigenvalue weighted by atomic mass is 9.85. The van der Waals surface area contributed by atoms with Crippen LogP contribution < -0.4 is 4.90 Å². The molecule has 152 valence electrons. The van der Waals surface area contributed by atoms with Gasteiger partial charge in [-0.1, -0.05) is 48.5 Å². The summed E-state index contributed by atoms with van der Waals surface area (Å²) in [4.78, 5) is 18.3. The molecule has 1 amide bonds. The summed E-state index contributed by atoms with van der Waals surface area (Å²) in [5, 5.41) is 4.81. The lowest BCUT2D eigenvalue weighted by molar-refractivity contribution is -0.126. The molecule has 2 aromatic carbocycles. The van der Waals surface area contributed by atoms with E-state index < -0.39 is 0 Å². The van der Waals surface area contributed by atoms with E-state index in [9.17, 15) is 4.79 Å². The van der Waals surface area contributed by atoms with E-state index in [4.69, 9.17) is 5.10 Å². The molecule has 30 heavy (non-hydrogen) atoms. The number of anilines is 1. The number of hydrogen-bond acceptors (Lipinski definition) is 3. The van der Waals surface area contributed by atoms with E-state index in [2.05, 4.69) is 47.5 Å². The van der Waals surface area contributed by atoms with Crippen LogP contribution in [-0.2, 0) is 11.8 Å². The molecule has 3 atom stereocenters. The molecule has 0 unspecified atom stereocenters. The second-order valence-electron chi connectivity index (χ2n) is 8.89. The SMILES string of the molecule is Cn1cc([C@@H]2C[C@H]3CN(c4ccccc4)C(=O)[C@]34CCCN24)c(-c2ccccc2)n1. The highest BCUT2D eigenvalue weighted by atomic mass is 16.2. The molecule has 3 saturated heterocycles. The van der Waals surface area contributed by atoms with Crippen LogP contribution in [0.1, 0.15) is 30.9 Å². The standard InChI is InChI=1S/C25H26N4O/c1-27-17-21(23(26-27)18-9-4-2-5-10-18)22-15-19-16-28(20-11-6-3-7-12-20)24(30)25(19)13-8-14-29(22)25/h2-7,9-12,17,19,22H,8,13-16H2,1H3/t19-,22-,25-/m0/s1. The van der Waals surface area contributed by atoms with Crippen LogP contribution in [0.25, 0.3) is 11.3 Å². The predicted octanol–water partition coefficient (Wildman–Crippen LogP) is 4.03. The van der Waals surface area contributed by atoms with Crippen LogP contribution in [0, 0.1) is 5.92 Å². The van der Waals surface area contributed by atoms with Gasteiger partial charge in [-0.25, -0.2) is 0 Å². The van der Waals surface area contributed by atoms with E-state index in [-0.39, 0.29) is 11.6 Å². The van der Waals surface area contributed by atoms with Crippen molar-refractivity contribution in [2.45, 2.75) is 30.8 Å². The van der Waals surface area contributed by atoms with Crippen LogP contribution in [0.3, 0.4) is 0 Å². The summed E-state index contributed by atoms with van der Waals surface area (Å²) in [6, 6.07) is 20.8. The Balaban J connectivity index is 1.39. The average Bonchev–Trinajstić information content (AvgIpc) is 3.50. The van der Waals surface area contributed by atoms with Crippen molar-refractivity contribution in [2.24, 2.45) is 13.0 Å². The molecule has 3 aliphatic rings. The number of para-hydroxylation sites is 1. The molecular formula is C25H26N4O. The van der Waals surface area contributed by atoms with Crippen LogP contribution in [-0.4, -0.2) is 39.2 Å². The Hall–Kier alpha value is -2.92. The summed E-state index contributed by atoms with van der Waals surface area (Å²) in [6.07, 6.45) is 5.24. The highest BCUT2D eigenvalue weighted by Gasteiger charge is 2.65. The van der Waals surface area contributed by atoms with E-state index in [1.165, 1.54) is 5.56 Å². The van der Waals surface area contributed by atoms with Gasteiger partial charge in [-0.15, -0.1) is 0 Å². The fraction of sp³-hybridized carbons (Fsp3) is 0.360. The van der Waals surface area contributed by atoms with Gasteiger partial charge in [0.05, 0.1) is 5.69 Å². The van der Waals surface area contributed by atoms with Gasteiger partial charge >= 0.3 is 0 Å². The number of aryl methyl sites for hydroxylation is 1. The van der Waals surface area contributed by atoms with Gasteiger partial charge < -0.3 is 4.90 Å². The van der Waals surface area contributed by atoms with Crippen LogP contribution in [0.15, 0.2) is 66.9 Å². The maximum atomic E-state index is 13.8. The van der Waals surface area contributed by atoms with Crippen LogP contribution in [0.4, 0.5) is 5.69 Å². The summed E-state index contributed by atoms with van der Waals surface area (Å²) in [6.45, 7) is 1.80. The Morgan fingerprint density at radius 3 is 2.53 bits per heavy atom. The van der Waals surface area contributed by atoms with Gasteiger partial charge in [-0.3, -0.25) is 14.4 Å². The largest absolute Gasteiger partial charge is 0.310 e. The monoisotopic (exact) mass is 398 g/mol. The van der Waals surface area contributed by atoms with Gasteiger partial charge in [0.2, 0.25) is 5.91 Å². The number of hydrogen-bond donors (Lipinski definition) is 0. The van der Waals surface area contributed by atoms with E-state index in [0.29, 0.717) is 11.8 Å². The normalized spacial score (nSPS) is 28.2. The molecule has 0 radical (unpaired) electrons. The van der Waals surface area contributed by atoms with Crippen molar-refractivity contribution in [2.75, 3.05) is 18.0 Å². The van der Waals surface area contributed by atoms with Crippen molar-refractivity contribution < 1.29 is 4.79 Å². The lowest BCUT2D eigenvalue weighted by Crippen LogP contribution is -2.49. The van der Waals surface area contributed by atoms with Gasteiger partial charge in [0.25, 0.3) is 0 Å². The quantitative estimate of drug-likeness (QED) is 0.669. The molecule has 3 fully saturated rings. The van der Waals surface area contributed by atoms with E-state index >= 15 is 0 Å². The fourth-order valence-electron chi connectivity index (χ4n) is 6.19. The zero-order valence-corrected chi connectivity index (χ0v) is 17.2. The van der Waals surface area contributed by atoms with Crippen molar-refractivity contribution in [1.29, 1.82) is 0 Å². The minimum Gasteiger partial charge on any atom is -0.310 e. The number of carbonyl (C=O) groups excluding carboxylic acids is 1. The van der Waals surface area contributed by atoms with Gasteiger partial charge in [0.15, 0.2) is 0 Å². The summed E-state index contributed by atoms with van der Waals surface area (Å²) < 4.78 is 1.92. The second kappa shape index (κ2) is 6.54. The third-order valence-corrected chi connectivity index (χ3v) is 7.38. The third kappa shape index (κ3) is 2.39. The first kappa shape index (κ1) is 17.9. The highest BCUT2D eigenvalue weighted by Crippen LogP contribution is 2.57. The maximum absolute atomic E-state index is 13.8. The average molecular weight is 399 g/mol. The summed E-state index contributed by atoms with van der Waals surface area (Å²) in [5.41, 5.74) is 4.15. The number of carbonyl (C=O) groups is 1. The van der Waals surface area contributed by atoms with Crippen molar-refractivity contribution in [3.05, 3.63) is 72.4 Å². The van der Waals surface area contributed by atoms with Crippen molar-refractivity contribution in [3.63, 3.8) is 0 Å². The Morgan fingerprint density at radius 2 is 1.77 bits per heavy atom. The highest BCUT2D eigenvalue weighted by molar-refractivity contribution is 6.03. The molecular weight excluding hydrogens is 372 g/mol. The number of nitrogens with zero attached hydrogens (tertiary/aromatic N) is 4. The smallest absolute Gasteiger partial charge is 0.247 e. The molecule has 0 bridgehead atoms. The van der Waals surface area contributed by atoms with Crippen molar-refractivity contribution in [1.82, 2.24) is 14.7 Å². The zero-order valence-electron chi connectivity index (χ0n) is 17.2. The molecule has 6 rings (SSSR count). The first-order valence-electron chi connectivity index (χ1n) is 10.9. The second-order valence-corrected chi connectivity index (χ2v) is 8.89.